The van der Waals surface area contributed by atoms with Crippen LogP contribution < -0.4 is 10.1 Å². The second kappa shape index (κ2) is 5.85. The number of hydrogen-bond donors (Lipinski definition) is 2. The van der Waals surface area contributed by atoms with Crippen LogP contribution in [0.15, 0.2) is 42.5 Å². The van der Waals surface area contributed by atoms with Crippen molar-refractivity contribution in [2.45, 2.75) is 6.92 Å². The SMILES string of the molecule is COc1cccc2[nH]c(C)c(C(=O)Nc3ccccc3C#N)c12. The summed E-state index contributed by atoms with van der Waals surface area (Å²) in [7, 11) is 1.57. The topological polar surface area (TPSA) is 77.9 Å². The Bertz CT molecular complexity index is 935. The summed E-state index contributed by atoms with van der Waals surface area (Å²) in [4.78, 5) is 15.9. The van der Waals surface area contributed by atoms with Crippen LogP contribution in [0.2, 0.25) is 0 Å². The van der Waals surface area contributed by atoms with Crippen molar-refractivity contribution in [1.29, 1.82) is 5.26 Å². The minimum Gasteiger partial charge on any atom is -0.496 e. The fourth-order valence-corrected chi connectivity index (χ4v) is 2.67. The molecule has 0 unspecified atom stereocenters. The van der Waals surface area contributed by atoms with E-state index in [2.05, 4.69) is 16.4 Å². The molecule has 0 radical (unpaired) electrons. The zero-order valence-electron chi connectivity index (χ0n) is 12.8. The molecule has 0 bridgehead atoms. The lowest BCUT2D eigenvalue weighted by molar-refractivity contribution is 0.102. The number of nitriles is 1. The second-order valence-corrected chi connectivity index (χ2v) is 5.12. The number of fused-ring (bicyclic) bond motifs is 1. The van der Waals surface area contributed by atoms with E-state index in [4.69, 9.17) is 10.00 Å². The van der Waals surface area contributed by atoms with E-state index in [9.17, 15) is 4.79 Å². The van der Waals surface area contributed by atoms with Crippen molar-refractivity contribution in [3.05, 3.63) is 59.3 Å². The maximum Gasteiger partial charge on any atom is 0.258 e. The summed E-state index contributed by atoms with van der Waals surface area (Å²) < 4.78 is 5.37. The van der Waals surface area contributed by atoms with Crippen molar-refractivity contribution in [1.82, 2.24) is 4.98 Å². The Morgan fingerprint density at radius 2 is 2.00 bits per heavy atom. The van der Waals surface area contributed by atoms with Crippen LogP contribution >= 0.6 is 0 Å². The summed E-state index contributed by atoms with van der Waals surface area (Å²) in [5.41, 5.74) is 3.01. The first kappa shape index (κ1) is 14.7. The Labute approximate surface area is 133 Å². The number of amides is 1. The van der Waals surface area contributed by atoms with Gasteiger partial charge in [-0.1, -0.05) is 18.2 Å². The Morgan fingerprint density at radius 1 is 1.22 bits per heavy atom. The second-order valence-electron chi connectivity index (χ2n) is 5.12. The number of carbonyl (C=O) groups excluding carboxylic acids is 1. The Kier molecular flexibility index (Phi) is 3.73. The largest absolute Gasteiger partial charge is 0.496 e. The van der Waals surface area contributed by atoms with Crippen LogP contribution in [0.5, 0.6) is 5.75 Å². The molecule has 2 aromatic carbocycles. The molecule has 0 saturated carbocycles. The Morgan fingerprint density at radius 3 is 2.74 bits per heavy atom. The molecule has 5 nitrogen and oxygen atoms in total. The predicted octanol–water partition coefficient (Wildman–Crippen LogP) is 3.61. The molecule has 0 aliphatic rings. The number of aryl methyl sites for hydroxylation is 1. The average molecular weight is 305 g/mol. The van der Waals surface area contributed by atoms with Gasteiger partial charge in [0.25, 0.3) is 5.91 Å². The summed E-state index contributed by atoms with van der Waals surface area (Å²) >= 11 is 0. The van der Waals surface area contributed by atoms with Gasteiger partial charge in [0.2, 0.25) is 0 Å². The van der Waals surface area contributed by atoms with Gasteiger partial charge in [0.1, 0.15) is 11.8 Å². The molecule has 0 aliphatic heterocycles. The van der Waals surface area contributed by atoms with Crippen molar-refractivity contribution >= 4 is 22.5 Å². The number of hydrogen-bond acceptors (Lipinski definition) is 3. The number of aromatic nitrogens is 1. The predicted molar refractivity (Wildman–Crippen MR) is 88.7 cm³/mol. The lowest BCUT2D eigenvalue weighted by Gasteiger charge is -2.08. The fourth-order valence-electron chi connectivity index (χ4n) is 2.67. The monoisotopic (exact) mass is 305 g/mol. The molecule has 0 spiro atoms. The van der Waals surface area contributed by atoms with E-state index in [0.717, 1.165) is 16.6 Å². The summed E-state index contributed by atoms with van der Waals surface area (Å²) in [5.74, 6) is 0.353. The molecule has 23 heavy (non-hydrogen) atoms. The molecule has 0 aliphatic carbocycles. The number of nitrogens with one attached hydrogen (secondary N) is 2. The molecule has 3 rings (SSSR count). The third-order valence-corrected chi connectivity index (χ3v) is 3.72. The van der Waals surface area contributed by atoms with Crippen molar-refractivity contribution < 1.29 is 9.53 Å². The van der Waals surface area contributed by atoms with Gasteiger partial charge in [-0.25, -0.2) is 0 Å². The third kappa shape index (κ3) is 2.51. The molecule has 1 heterocycles. The van der Waals surface area contributed by atoms with Gasteiger partial charge >= 0.3 is 0 Å². The molecule has 1 amide bonds. The molecule has 0 atom stereocenters. The third-order valence-electron chi connectivity index (χ3n) is 3.72. The van der Waals surface area contributed by atoms with Gasteiger partial charge in [-0.2, -0.15) is 5.26 Å². The molecule has 0 fully saturated rings. The van der Waals surface area contributed by atoms with E-state index >= 15 is 0 Å². The van der Waals surface area contributed by atoms with Crippen LogP contribution in [0, 0.1) is 18.3 Å². The number of methoxy groups -OCH3 is 1. The highest BCUT2D eigenvalue weighted by Gasteiger charge is 2.20. The highest BCUT2D eigenvalue weighted by Crippen LogP contribution is 2.31. The molecule has 114 valence electrons. The zero-order chi connectivity index (χ0) is 16.4. The summed E-state index contributed by atoms with van der Waals surface area (Å²) in [6, 6.07) is 14.6. The number of H-pyrrole nitrogens is 1. The van der Waals surface area contributed by atoms with Gasteiger partial charge in [0, 0.05) is 5.69 Å². The minimum atomic E-state index is -0.277. The van der Waals surface area contributed by atoms with Crippen LogP contribution in [0.3, 0.4) is 0 Å². The van der Waals surface area contributed by atoms with Gasteiger partial charge in [-0.3, -0.25) is 4.79 Å². The van der Waals surface area contributed by atoms with Gasteiger partial charge in [-0.05, 0) is 31.2 Å². The van der Waals surface area contributed by atoms with E-state index in [-0.39, 0.29) is 5.91 Å². The van der Waals surface area contributed by atoms with Crippen LogP contribution in [0.25, 0.3) is 10.9 Å². The van der Waals surface area contributed by atoms with E-state index in [1.165, 1.54) is 0 Å². The number of ether oxygens (including phenoxy) is 1. The minimum absolute atomic E-state index is 0.277. The molecule has 1 aromatic heterocycles. The van der Waals surface area contributed by atoms with E-state index < -0.39 is 0 Å². The highest BCUT2D eigenvalue weighted by molar-refractivity contribution is 6.15. The van der Waals surface area contributed by atoms with Crippen molar-refractivity contribution in [3.63, 3.8) is 0 Å². The lowest BCUT2D eigenvalue weighted by atomic mass is 10.1. The first-order chi connectivity index (χ1) is 11.2. The standard InChI is InChI=1S/C18H15N3O2/c1-11-16(17-14(20-11)8-5-9-15(17)23-2)18(22)21-13-7-4-3-6-12(13)10-19/h3-9,20H,1-2H3,(H,21,22). The van der Waals surface area contributed by atoms with Gasteiger partial charge in [0.15, 0.2) is 0 Å². The van der Waals surface area contributed by atoms with Crippen molar-refractivity contribution in [3.8, 4) is 11.8 Å². The number of aromatic amines is 1. The van der Waals surface area contributed by atoms with Gasteiger partial charge < -0.3 is 15.0 Å². The highest BCUT2D eigenvalue weighted by atomic mass is 16.5. The number of anilines is 1. The van der Waals surface area contributed by atoms with E-state index in [1.54, 1.807) is 31.4 Å². The van der Waals surface area contributed by atoms with Crippen LogP contribution in [-0.2, 0) is 0 Å². The van der Waals surface area contributed by atoms with Crippen LogP contribution in [0.1, 0.15) is 21.6 Å². The number of nitrogens with zero attached hydrogens (tertiary/aromatic N) is 1. The quantitative estimate of drug-likeness (QED) is 0.776. The summed E-state index contributed by atoms with van der Waals surface area (Å²) in [6.45, 7) is 1.84. The first-order valence-electron chi connectivity index (χ1n) is 7.11. The lowest BCUT2D eigenvalue weighted by Crippen LogP contribution is -2.13. The van der Waals surface area contributed by atoms with E-state index in [0.29, 0.717) is 22.6 Å². The summed E-state index contributed by atoms with van der Waals surface area (Å²) in [6.07, 6.45) is 0. The smallest absolute Gasteiger partial charge is 0.258 e. The van der Waals surface area contributed by atoms with Gasteiger partial charge in [-0.15, -0.1) is 0 Å². The van der Waals surface area contributed by atoms with Crippen LogP contribution in [0.4, 0.5) is 5.69 Å². The van der Waals surface area contributed by atoms with Crippen LogP contribution in [-0.4, -0.2) is 18.0 Å². The first-order valence-corrected chi connectivity index (χ1v) is 7.11. The van der Waals surface area contributed by atoms with Crippen molar-refractivity contribution in [2.24, 2.45) is 0 Å². The Hall–Kier alpha value is -3.26. The number of para-hydroxylation sites is 1. The number of carbonyl (C=O) groups is 1. The normalized spacial score (nSPS) is 10.3. The van der Waals surface area contributed by atoms with Crippen molar-refractivity contribution in [2.75, 3.05) is 12.4 Å². The molecular formula is C18H15N3O2. The number of rotatable bonds is 3. The molecule has 0 saturated heterocycles. The fraction of sp³-hybridized carbons (Fsp3) is 0.111. The Balaban J connectivity index is 2.08. The molecule has 3 aromatic rings. The zero-order valence-corrected chi connectivity index (χ0v) is 12.8. The molecule has 2 N–H and O–H groups in total. The maximum atomic E-state index is 12.8. The average Bonchev–Trinajstić information content (AvgIpc) is 2.91. The van der Waals surface area contributed by atoms with E-state index in [1.807, 2.05) is 25.1 Å². The molecular weight excluding hydrogens is 290 g/mol. The van der Waals surface area contributed by atoms with Gasteiger partial charge in [0.05, 0.1) is 34.8 Å². The number of benzene rings is 2. The maximum absolute atomic E-state index is 12.8. The summed E-state index contributed by atoms with van der Waals surface area (Å²) in [5, 5.41) is 12.7. The molecule has 5 heteroatoms.